The van der Waals surface area contributed by atoms with Crippen LogP contribution in [0.2, 0.25) is 0 Å². The number of rotatable bonds is 5. The fourth-order valence-corrected chi connectivity index (χ4v) is 4.24. The highest BCUT2D eigenvalue weighted by atomic mass is 16.3. The molecule has 0 radical (unpaired) electrons. The molecule has 0 saturated carbocycles. The van der Waals surface area contributed by atoms with Crippen molar-refractivity contribution in [3.63, 3.8) is 0 Å². The number of anilines is 1. The lowest BCUT2D eigenvalue weighted by Gasteiger charge is -2.31. The van der Waals surface area contributed by atoms with Crippen LogP contribution < -0.4 is 15.5 Å². The number of carbonyl (C=O) groups is 2. The van der Waals surface area contributed by atoms with Gasteiger partial charge in [-0.2, -0.15) is 0 Å². The van der Waals surface area contributed by atoms with Crippen molar-refractivity contribution in [3.05, 3.63) is 88.9 Å². The SMILES string of the molecule is Cc1ccc(NC(=O)C(=O)NC[C@@H](c2ccco2)[NH+]2CCc3ccccc3C2)c(C)c1. The van der Waals surface area contributed by atoms with Crippen molar-refractivity contribution in [2.24, 2.45) is 0 Å². The molecule has 0 fully saturated rings. The Bertz CT molecular complexity index is 1080. The van der Waals surface area contributed by atoms with Crippen LogP contribution >= 0.6 is 0 Å². The number of fused-ring (bicyclic) bond motifs is 1. The van der Waals surface area contributed by atoms with Gasteiger partial charge in [0.15, 0.2) is 11.8 Å². The fraction of sp³-hybridized carbons (Fsp3) is 0.280. The summed E-state index contributed by atoms with van der Waals surface area (Å²) in [4.78, 5) is 26.3. The maximum absolute atomic E-state index is 12.5. The van der Waals surface area contributed by atoms with Crippen molar-refractivity contribution in [2.75, 3.05) is 18.4 Å². The zero-order valence-electron chi connectivity index (χ0n) is 17.9. The van der Waals surface area contributed by atoms with Gasteiger partial charge in [-0.05, 0) is 43.2 Å². The standard InChI is InChI=1S/C25H27N3O3/c1-17-9-10-21(18(2)14-17)27-25(30)24(29)26-15-22(23-8-5-13-31-23)28-12-11-19-6-3-4-7-20(19)16-28/h3-10,13-14,22H,11-12,15-16H2,1-2H3,(H,26,29)(H,27,30)/p+1/t22-/m0/s1. The number of carbonyl (C=O) groups excluding carboxylic acids is 2. The highest BCUT2D eigenvalue weighted by molar-refractivity contribution is 6.39. The molecule has 1 aliphatic rings. The third-order valence-electron chi connectivity index (χ3n) is 5.93. The van der Waals surface area contributed by atoms with E-state index < -0.39 is 11.8 Å². The van der Waals surface area contributed by atoms with Gasteiger partial charge in [-0.15, -0.1) is 0 Å². The average Bonchev–Trinajstić information content (AvgIpc) is 3.30. The summed E-state index contributed by atoms with van der Waals surface area (Å²) in [6.07, 6.45) is 2.62. The van der Waals surface area contributed by atoms with Crippen molar-refractivity contribution in [1.29, 1.82) is 0 Å². The maximum atomic E-state index is 12.5. The number of amides is 2. The molecule has 31 heavy (non-hydrogen) atoms. The molecule has 1 aromatic heterocycles. The lowest BCUT2D eigenvalue weighted by atomic mass is 9.98. The van der Waals surface area contributed by atoms with Gasteiger partial charge in [-0.3, -0.25) is 9.59 Å². The van der Waals surface area contributed by atoms with Crippen molar-refractivity contribution in [2.45, 2.75) is 32.9 Å². The molecule has 2 atom stereocenters. The number of furan rings is 1. The van der Waals surface area contributed by atoms with Crippen molar-refractivity contribution in [1.82, 2.24) is 5.32 Å². The summed E-state index contributed by atoms with van der Waals surface area (Å²) >= 11 is 0. The first kappa shape index (κ1) is 20.9. The summed E-state index contributed by atoms with van der Waals surface area (Å²) in [6, 6.07) is 17.9. The first-order valence-electron chi connectivity index (χ1n) is 10.6. The smallest absolute Gasteiger partial charge is 0.313 e. The Morgan fingerprint density at radius 3 is 2.58 bits per heavy atom. The second-order valence-corrected chi connectivity index (χ2v) is 8.15. The van der Waals surface area contributed by atoms with Crippen LogP contribution in [0.1, 0.15) is 34.1 Å². The molecular weight excluding hydrogens is 390 g/mol. The summed E-state index contributed by atoms with van der Waals surface area (Å²) in [6.45, 7) is 6.01. The van der Waals surface area contributed by atoms with Crippen LogP contribution in [0.5, 0.6) is 0 Å². The van der Waals surface area contributed by atoms with E-state index in [1.165, 1.54) is 16.0 Å². The van der Waals surface area contributed by atoms with E-state index in [2.05, 4.69) is 34.9 Å². The normalized spacial score (nSPS) is 16.3. The number of hydrogen-bond acceptors (Lipinski definition) is 3. The monoisotopic (exact) mass is 418 g/mol. The molecule has 2 heterocycles. The second-order valence-electron chi connectivity index (χ2n) is 8.15. The van der Waals surface area contributed by atoms with Gasteiger partial charge >= 0.3 is 11.8 Å². The van der Waals surface area contributed by atoms with Crippen molar-refractivity contribution in [3.8, 4) is 0 Å². The number of quaternary nitrogens is 1. The number of hydrogen-bond donors (Lipinski definition) is 3. The third-order valence-corrected chi connectivity index (χ3v) is 5.93. The first-order chi connectivity index (χ1) is 15.0. The molecule has 0 saturated heterocycles. The predicted octanol–water partition coefficient (Wildman–Crippen LogP) is 2.33. The van der Waals surface area contributed by atoms with Gasteiger partial charge in [0.1, 0.15) is 6.54 Å². The Morgan fingerprint density at radius 1 is 1.03 bits per heavy atom. The van der Waals surface area contributed by atoms with Crippen LogP contribution in [0, 0.1) is 13.8 Å². The Morgan fingerprint density at radius 2 is 1.84 bits per heavy atom. The number of aryl methyl sites for hydroxylation is 2. The Hall–Kier alpha value is -3.38. The van der Waals surface area contributed by atoms with Crippen LogP contribution in [0.25, 0.3) is 0 Å². The zero-order valence-corrected chi connectivity index (χ0v) is 17.9. The first-order valence-corrected chi connectivity index (χ1v) is 10.6. The lowest BCUT2D eigenvalue weighted by molar-refractivity contribution is -0.946. The zero-order chi connectivity index (χ0) is 21.8. The average molecular weight is 419 g/mol. The van der Waals surface area contributed by atoms with Crippen LogP contribution in [0.3, 0.4) is 0 Å². The van der Waals surface area contributed by atoms with Gasteiger partial charge in [0.2, 0.25) is 0 Å². The van der Waals surface area contributed by atoms with E-state index in [9.17, 15) is 9.59 Å². The summed E-state index contributed by atoms with van der Waals surface area (Å²) < 4.78 is 5.68. The predicted molar refractivity (Wildman–Crippen MR) is 119 cm³/mol. The Balaban J connectivity index is 1.42. The van der Waals surface area contributed by atoms with E-state index in [1.807, 2.05) is 44.2 Å². The minimum absolute atomic E-state index is 0.0683. The molecule has 0 spiro atoms. The van der Waals surface area contributed by atoms with E-state index in [0.29, 0.717) is 12.2 Å². The molecular formula is C25H28N3O3+. The van der Waals surface area contributed by atoms with E-state index in [0.717, 1.165) is 36.4 Å². The molecule has 6 heteroatoms. The molecule has 160 valence electrons. The van der Waals surface area contributed by atoms with E-state index in [4.69, 9.17) is 4.42 Å². The van der Waals surface area contributed by atoms with E-state index in [1.54, 1.807) is 6.26 Å². The van der Waals surface area contributed by atoms with E-state index in [-0.39, 0.29) is 6.04 Å². The van der Waals surface area contributed by atoms with Crippen molar-refractivity contribution >= 4 is 17.5 Å². The molecule has 0 bridgehead atoms. The third kappa shape index (κ3) is 4.86. The highest BCUT2D eigenvalue weighted by Crippen LogP contribution is 2.17. The van der Waals surface area contributed by atoms with Crippen LogP contribution in [-0.4, -0.2) is 24.9 Å². The van der Waals surface area contributed by atoms with Gasteiger partial charge in [0.25, 0.3) is 0 Å². The lowest BCUT2D eigenvalue weighted by Crippen LogP contribution is -3.12. The van der Waals surface area contributed by atoms with Gasteiger partial charge in [-0.1, -0.05) is 42.0 Å². The van der Waals surface area contributed by atoms with Gasteiger partial charge in [0, 0.05) is 17.7 Å². The number of benzene rings is 2. The Kier molecular flexibility index (Phi) is 6.18. The molecule has 2 aromatic carbocycles. The summed E-state index contributed by atoms with van der Waals surface area (Å²) in [5, 5.41) is 5.52. The van der Waals surface area contributed by atoms with Crippen LogP contribution in [-0.2, 0) is 22.6 Å². The van der Waals surface area contributed by atoms with Gasteiger partial charge in [0.05, 0.1) is 19.4 Å². The largest absolute Gasteiger partial charge is 0.463 e. The minimum Gasteiger partial charge on any atom is -0.463 e. The molecule has 6 nitrogen and oxygen atoms in total. The quantitative estimate of drug-likeness (QED) is 0.557. The minimum atomic E-state index is -0.663. The van der Waals surface area contributed by atoms with Crippen LogP contribution in [0.4, 0.5) is 5.69 Å². The van der Waals surface area contributed by atoms with Crippen molar-refractivity contribution < 1.29 is 18.9 Å². The summed E-state index contributed by atoms with van der Waals surface area (Å²) in [5.74, 6) is -0.498. The molecule has 2 amide bonds. The molecule has 1 unspecified atom stereocenters. The van der Waals surface area contributed by atoms with E-state index >= 15 is 0 Å². The molecule has 1 aliphatic heterocycles. The van der Waals surface area contributed by atoms with Gasteiger partial charge < -0.3 is 20.0 Å². The van der Waals surface area contributed by atoms with Gasteiger partial charge in [-0.25, -0.2) is 0 Å². The van der Waals surface area contributed by atoms with Crippen LogP contribution in [0.15, 0.2) is 65.3 Å². The molecule has 3 aromatic rings. The maximum Gasteiger partial charge on any atom is 0.313 e. The fourth-order valence-electron chi connectivity index (χ4n) is 4.24. The summed E-state index contributed by atoms with van der Waals surface area (Å²) in [7, 11) is 0. The molecule has 0 aliphatic carbocycles. The Labute approximate surface area is 182 Å². The molecule has 4 rings (SSSR count). The second kappa shape index (κ2) is 9.18. The number of nitrogens with one attached hydrogen (secondary N) is 3. The molecule has 3 N–H and O–H groups in total. The topological polar surface area (TPSA) is 75.8 Å². The highest BCUT2D eigenvalue weighted by Gasteiger charge is 2.31. The summed E-state index contributed by atoms with van der Waals surface area (Å²) in [5.41, 5.74) is 5.37.